The molecular formula is C61H103NO5. The van der Waals surface area contributed by atoms with E-state index in [9.17, 15) is 19.8 Å². The lowest BCUT2D eigenvalue weighted by atomic mass is 10.0. The number of rotatable bonds is 48. The first-order valence-corrected chi connectivity index (χ1v) is 27.6. The summed E-state index contributed by atoms with van der Waals surface area (Å²) < 4.78 is 5.85. The minimum absolute atomic E-state index is 0.0283. The van der Waals surface area contributed by atoms with Crippen LogP contribution in [0.3, 0.4) is 0 Å². The lowest BCUT2D eigenvalue weighted by Crippen LogP contribution is -2.46. The van der Waals surface area contributed by atoms with Gasteiger partial charge in [-0.2, -0.15) is 0 Å². The van der Waals surface area contributed by atoms with Crippen molar-refractivity contribution in [1.29, 1.82) is 0 Å². The summed E-state index contributed by atoms with van der Waals surface area (Å²) in [4.78, 5) is 26.2. The predicted molar refractivity (Wildman–Crippen MR) is 291 cm³/mol. The quantitative estimate of drug-likeness (QED) is 0.0321. The highest BCUT2D eigenvalue weighted by atomic mass is 16.5. The summed E-state index contributed by atoms with van der Waals surface area (Å²) in [5.41, 5.74) is 0. The minimum Gasteiger partial charge on any atom is -0.461 e. The molecule has 0 radical (unpaired) electrons. The Labute approximate surface area is 413 Å². The van der Waals surface area contributed by atoms with Gasteiger partial charge >= 0.3 is 5.97 Å². The number of aliphatic hydroxyl groups excluding tert-OH is 2. The van der Waals surface area contributed by atoms with Gasteiger partial charge in [0.2, 0.25) is 5.91 Å². The van der Waals surface area contributed by atoms with Crippen LogP contribution in [0.15, 0.2) is 109 Å². The average Bonchev–Trinajstić information content (AvgIpc) is 3.32. The van der Waals surface area contributed by atoms with E-state index in [0.29, 0.717) is 19.3 Å². The molecule has 0 bridgehead atoms. The van der Waals surface area contributed by atoms with Gasteiger partial charge in [-0.05, 0) is 83.5 Å². The fraction of sp³-hybridized carbons (Fsp3) is 0.672. The Balaban J connectivity index is 4.77. The topological polar surface area (TPSA) is 95.9 Å². The van der Waals surface area contributed by atoms with E-state index in [2.05, 4.69) is 123 Å². The summed E-state index contributed by atoms with van der Waals surface area (Å²) in [7, 11) is 0. The zero-order valence-electron chi connectivity index (χ0n) is 43.5. The number of nitrogens with one attached hydrogen (secondary N) is 1. The number of carbonyl (C=O) groups excluding carboxylic acids is 2. The number of hydrogen-bond donors (Lipinski definition) is 3. The van der Waals surface area contributed by atoms with Crippen LogP contribution in [0.4, 0.5) is 0 Å². The third-order valence-corrected chi connectivity index (χ3v) is 11.8. The number of hydrogen-bond acceptors (Lipinski definition) is 5. The standard InChI is InChI=1S/C61H103NO5/c1-4-7-10-13-16-19-22-25-28-30-33-36-39-42-45-48-51-54-61(66)67-57(52-49-46-43-40-37-34-31-27-24-21-18-15-12-9-6-3)55-60(65)62-58(56-63)59(64)53-50-47-44-41-38-35-32-29-26-23-20-17-14-11-8-5-2/h9,12,16,18-19,21,25,27-28,31,33,36-37,40,42,45-46,49,57-59,63-64H,4-8,10-11,13-15,17,20,22-24,26,29-30,32,34-35,38-39,41,43-44,47-48,50-56H2,1-3H3,(H,62,65)/b12-9-,19-16-,21-18-,28-25-,31-27-,36-33-,40-37-,45-42-,49-46-. The van der Waals surface area contributed by atoms with Gasteiger partial charge in [-0.15, -0.1) is 0 Å². The maximum Gasteiger partial charge on any atom is 0.306 e. The van der Waals surface area contributed by atoms with E-state index in [1.165, 1.54) is 109 Å². The Bertz CT molecular complexity index is 1370. The van der Waals surface area contributed by atoms with Gasteiger partial charge in [0, 0.05) is 12.8 Å². The van der Waals surface area contributed by atoms with Crippen LogP contribution in [-0.4, -0.2) is 46.9 Å². The van der Waals surface area contributed by atoms with Crippen molar-refractivity contribution in [2.45, 2.75) is 257 Å². The smallest absolute Gasteiger partial charge is 0.306 e. The molecular weight excluding hydrogens is 827 g/mol. The SMILES string of the molecule is CC/C=C\C/C=C\C/C=C\C/C=C\C/C=C\CC(CC(=O)NC(CO)C(O)CCCCCCCCCCCCCCCCCC)OC(=O)CCC/C=C\C/C=C\C/C=C\C/C=C\CCCCC. The molecule has 6 heteroatoms. The highest BCUT2D eigenvalue weighted by molar-refractivity contribution is 5.77. The molecule has 382 valence electrons. The summed E-state index contributed by atoms with van der Waals surface area (Å²) in [6, 6.07) is -0.751. The highest BCUT2D eigenvalue weighted by Gasteiger charge is 2.23. The van der Waals surface area contributed by atoms with Crippen LogP contribution < -0.4 is 5.32 Å². The molecule has 0 aromatic rings. The average molecular weight is 930 g/mol. The first kappa shape index (κ1) is 63.5. The van der Waals surface area contributed by atoms with Crippen molar-refractivity contribution in [3.05, 3.63) is 109 Å². The van der Waals surface area contributed by atoms with Crippen molar-refractivity contribution in [3.8, 4) is 0 Å². The molecule has 0 aliphatic heterocycles. The zero-order valence-corrected chi connectivity index (χ0v) is 43.5. The van der Waals surface area contributed by atoms with Crippen LogP contribution in [0.25, 0.3) is 0 Å². The van der Waals surface area contributed by atoms with E-state index < -0.39 is 18.2 Å². The van der Waals surface area contributed by atoms with Gasteiger partial charge in [-0.3, -0.25) is 9.59 Å². The van der Waals surface area contributed by atoms with Crippen LogP contribution in [0.5, 0.6) is 0 Å². The molecule has 0 fully saturated rings. The Hall–Kier alpha value is -3.48. The van der Waals surface area contributed by atoms with E-state index in [1.54, 1.807) is 0 Å². The molecule has 0 aromatic carbocycles. The molecule has 6 nitrogen and oxygen atoms in total. The van der Waals surface area contributed by atoms with Gasteiger partial charge < -0.3 is 20.3 Å². The van der Waals surface area contributed by atoms with Gasteiger partial charge in [-0.1, -0.05) is 246 Å². The summed E-state index contributed by atoms with van der Waals surface area (Å²) in [6.45, 7) is 6.31. The van der Waals surface area contributed by atoms with E-state index in [4.69, 9.17) is 4.74 Å². The summed E-state index contributed by atoms with van der Waals surface area (Å²) in [5, 5.41) is 23.8. The summed E-state index contributed by atoms with van der Waals surface area (Å²) in [5.74, 6) is -0.653. The summed E-state index contributed by atoms with van der Waals surface area (Å²) in [6.07, 6.45) is 73.1. The van der Waals surface area contributed by atoms with Crippen molar-refractivity contribution < 1.29 is 24.5 Å². The van der Waals surface area contributed by atoms with Gasteiger partial charge in [0.15, 0.2) is 0 Å². The molecule has 67 heavy (non-hydrogen) atoms. The molecule has 0 heterocycles. The second-order valence-electron chi connectivity index (χ2n) is 18.3. The predicted octanol–water partition coefficient (Wildman–Crippen LogP) is 17.1. The second kappa shape index (κ2) is 53.5. The third kappa shape index (κ3) is 48.8. The molecule has 0 aliphatic rings. The van der Waals surface area contributed by atoms with Gasteiger partial charge in [0.25, 0.3) is 0 Å². The van der Waals surface area contributed by atoms with Gasteiger partial charge in [0.05, 0.1) is 25.2 Å². The number of amides is 1. The van der Waals surface area contributed by atoms with Crippen molar-refractivity contribution in [2.24, 2.45) is 0 Å². The van der Waals surface area contributed by atoms with Crippen LogP contribution in [0.1, 0.15) is 239 Å². The first-order chi connectivity index (χ1) is 33.0. The van der Waals surface area contributed by atoms with E-state index in [-0.39, 0.29) is 31.3 Å². The fourth-order valence-electron chi connectivity index (χ4n) is 7.68. The van der Waals surface area contributed by atoms with Gasteiger partial charge in [-0.25, -0.2) is 0 Å². The van der Waals surface area contributed by atoms with Crippen LogP contribution in [-0.2, 0) is 14.3 Å². The zero-order chi connectivity index (χ0) is 48.8. The molecule has 0 saturated heterocycles. The van der Waals surface area contributed by atoms with Crippen LogP contribution in [0.2, 0.25) is 0 Å². The molecule has 0 aromatic heterocycles. The minimum atomic E-state index is -0.828. The van der Waals surface area contributed by atoms with Crippen molar-refractivity contribution in [2.75, 3.05) is 6.61 Å². The molecule has 3 unspecified atom stereocenters. The fourth-order valence-corrected chi connectivity index (χ4v) is 7.68. The molecule has 3 atom stereocenters. The number of aliphatic hydroxyl groups is 2. The Morgan fingerprint density at radius 2 is 0.836 bits per heavy atom. The number of allylic oxidation sites excluding steroid dienone is 17. The Morgan fingerprint density at radius 1 is 0.463 bits per heavy atom. The normalized spacial score (nSPS) is 14.0. The lowest BCUT2D eigenvalue weighted by molar-refractivity contribution is -0.150. The van der Waals surface area contributed by atoms with Crippen molar-refractivity contribution in [3.63, 3.8) is 0 Å². The van der Waals surface area contributed by atoms with E-state index in [1.807, 2.05) is 12.2 Å². The molecule has 1 amide bonds. The molecule has 0 aliphatic carbocycles. The Kier molecular flexibility index (Phi) is 50.7. The monoisotopic (exact) mass is 930 g/mol. The van der Waals surface area contributed by atoms with Crippen LogP contribution >= 0.6 is 0 Å². The van der Waals surface area contributed by atoms with Crippen molar-refractivity contribution >= 4 is 11.9 Å². The number of carbonyl (C=O) groups is 2. The maximum absolute atomic E-state index is 13.2. The maximum atomic E-state index is 13.2. The van der Waals surface area contributed by atoms with E-state index >= 15 is 0 Å². The number of ether oxygens (including phenoxy) is 1. The number of unbranched alkanes of at least 4 members (excludes halogenated alkanes) is 19. The van der Waals surface area contributed by atoms with Gasteiger partial charge in [0.1, 0.15) is 6.10 Å². The highest BCUT2D eigenvalue weighted by Crippen LogP contribution is 2.16. The first-order valence-electron chi connectivity index (χ1n) is 27.6. The Morgan fingerprint density at radius 3 is 1.27 bits per heavy atom. The summed E-state index contributed by atoms with van der Waals surface area (Å²) >= 11 is 0. The third-order valence-electron chi connectivity index (χ3n) is 11.8. The lowest BCUT2D eigenvalue weighted by Gasteiger charge is -2.24. The van der Waals surface area contributed by atoms with Crippen LogP contribution in [0, 0.1) is 0 Å². The molecule has 0 saturated carbocycles. The largest absolute Gasteiger partial charge is 0.461 e. The van der Waals surface area contributed by atoms with Crippen molar-refractivity contribution in [1.82, 2.24) is 5.32 Å². The van der Waals surface area contributed by atoms with E-state index in [0.717, 1.165) is 77.0 Å². The second-order valence-corrected chi connectivity index (χ2v) is 18.3. The molecule has 0 spiro atoms. The molecule has 0 rings (SSSR count). The number of esters is 1. The molecule has 3 N–H and O–H groups in total.